The maximum absolute atomic E-state index is 13.5. The Bertz CT molecular complexity index is 1690. The SMILES string of the molecule is Cc1ccccc1[C@H]1c2ccccc2C(C)C(OC(=O)c2cccc(C(F)(F)F)c2)C1OC(=O)c1cccc(C(F)(F)F)c1. The molecular weight excluding hydrogens is 586 g/mol. The number of aryl methyl sites for hydroxylation is 1. The van der Waals surface area contributed by atoms with E-state index >= 15 is 0 Å². The number of hydrogen-bond acceptors (Lipinski definition) is 4. The van der Waals surface area contributed by atoms with E-state index in [1.54, 1.807) is 25.1 Å². The van der Waals surface area contributed by atoms with Gasteiger partial charge in [0.1, 0.15) is 6.10 Å². The molecule has 1 aliphatic rings. The minimum Gasteiger partial charge on any atom is -0.454 e. The van der Waals surface area contributed by atoms with Crippen LogP contribution in [0.1, 0.15) is 72.9 Å². The highest BCUT2D eigenvalue weighted by Gasteiger charge is 2.47. The summed E-state index contributed by atoms with van der Waals surface area (Å²) in [7, 11) is 0. The topological polar surface area (TPSA) is 52.6 Å². The summed E-state index contributed by atoms with van der Waals surface area (Å²) < 4.78 is 92.2. The summed E-state index contributed by atoms with van der Waals surface area (Å²) in [5.41, 5.74) is 0.228. The lowest BCUT2D eigenvalue weighted by atomic mass is 9.70. The van der Waals surface area contributed by atoms with Gasteiger partial charge >= 0.3 is 24.3 Å². The van der Waals surface area contributed by atoms with Crippen LogP contribution in [0.2, 0.25) is 0 Å². The molecule has 4 aromatic rings. The number of ether oxygens (including phenoxy) is 2. The van der Waals surface area contributed by atoms with Gasteiger partial charge in [0, 0.05) is 5.92 Å². The van der Waals surface area contributed by atoms with Gasteiger partial charge in [-0.1, -0.05) is 67.6 Å². The molecule has 10 heteroatoms. The third kappa shape index (κ3) is 6.20. The van der Waals surface area contributed by atoms with Gasteiger partial charge in [0.05, 0.1) is 28.2 Å². The summed E-state index contributed by atoms with van der Waals surface area (Å²) in [6.45, 7) is 3.56. The van der Waals surface area contributed by atoms with Crippen LogP contribution in [0.3, 0.4) is 0 Å². The molecule has 44 heavy (non-hydrogen) atoms. The largest absolute Gasteiger partial charge is 0.454 e. The Morgan fingerprint density at radius 3 is 1.55 bits per heavy atom. The number of carbonyl (C=O) groups is 2. The number of carbonyl (C=O) groups excluding carboxylic acids is 2. The summed E-state index contributed by atoms with van der Waals surface area (Å²) in [6.07, 6.45) is -11.9. The first kappa shape index (κ1) is 30.8. The molecule has 3 unspecified atom stereocenters. The minimum absolute atomic E-state index is 0.360. The summed E-state index contributed by atoms with van der Waals surface area (Å²) >= 11 is 0. The fourth-order valence-corrected chi connectivity index (χ4v) is 5.65. The predicted molar refractivity (Wildman–Crippen MR) is 149 cm³/mol. The molecular formula is C34H26F6O4. The molecule has 228 valence electrons. The van der Waals surface area contributed by atoms with Crippen molar-refractivity contribution in [2.24, 2.45) is 0 Å². The van der Waals surface area contributed by atoms with Crippen LogP contribution in [-0.2, 0) is 21.8 Å². The highest BCUT2D eigenvalue weighted by Crippen LogP contribution is 2.46. The van der Waals surface area contributed by atoms with E-state index in [1.165, 1.54) is 12.1 Å². The second-order valence-electron chi connectivity index (χ2n) is 10.6. The number of rotatable bonds is 5. The molecule has 1 aliphatic carbocycles. The molecule has 0 spiro atoms. The van der Waals surface area contributed by atoms with Gasteiger partial charge < -0.3 is 9.47 Å². The monoisotopic (exact) mass is 612 g/mol. The standard InChI is InChI=1S/C34H26F6O4/c1-19-9-3-4-14-25(19)28-27-16-6-5-15-26(27)20(2)29(43-31(41)21-10-7-12-23(17-21)33(35,36)37)30(28)44-32(42)22-11-8-13-24(18-22)34(38,39)40/h3-18,20,28-30H,1-2H3/t20?,28-,29?,30?/m0/s1. The summed E-state index contributed by atoms with van der Waals surface area (Å²) in [5.74, 6) is -3.49. The summed E-state index contributed by atoms with van der Waals surface area (Å²) in [5, 5.41) is 0. The van der Waals surface area contributed by atoms with Crippen LogP contribution in [0.15, 0.2) is 97.1 Å². The maximum atomic E-state index is 13.5. The average molecular weight is 613 g/mol. The van der Waals surface area contributed by atoms with Crippen molar-refractivity contribution in [3.8, 4) is 0 Å². The Morgan fingerprint density at radius 2 is 1.05 bits per heavy atom. The first-order valence-corrected chi connectivity index (χ1v) is 13.7. The molecule has 0 amide bonds. The molecule has 0 heterocycles. The van der Waals surface area contributed by atoms with Crippen molar-refractivity contribution in [3.05, 3.63) is 142 Å². The van der Waals surface area contributed by atoms with E-state index in [2.05, 4.69) is 0 Å². The van der Waals surface area contributed by atoms with Crippen LogP contribution < -0.4 is 0 Å². The Balaban J connectivity index is 1.61. The van der Waals surface area contributed by atoms with Gasteiger partial charge in [0.2, 0.25) is 0 Å². The van der Waals surface area contributed by atoms with E-state index in [9.17, 15) is 35.9 Å². The highest BCUT2D eigenvalue weighted by molar-refractivity contribution is 5.91. The zero-order chi connectivity index (χ0) is 31.8. The lowest BCUT2D eigenvalue weighted by Crippen LogP contribution is -2.46. The molecule has 4 nitrogen and oxygen atoms in total. The zero-order valence-corrected chi connectivity index (χ0v) is 23.4. The van der Waals surface area contributed by atoms with Crippen molar-refractivity contribution >= 4 is 11.9 Å². The smallest absolute Gasteiger partial charge is 0.416 e. The molecule has 5 rings (SSSR count). The van der Waals surface area contributed by atoms with Gasteiger partial charge in [-0.15, -0.1) is 0 Å². The van der Waals surface area contributed by atoms with Gasteiger partial charge in [0.15, 0.2) is 6.10 Å². The summed E-state index contributed by atoms with van der Waals surface area (Å²) in [4.78, 5) is 26.8. The van der Waals surface area contributed by atoms with Gasteiger partial charge in [-0.3, -0.25) is 0 Å². The molecule has 0 bridgehead atoms. The van der Waals surface area contributed by atoms with Crippen LogP contribution in [0.5, 0.6) is 0 Å². The molecule has 4 aromatic carbocycles. The Labute approximate surface area is 249 Å². The van der Waals surface area contributed by atoms with Crippen LogP contribution in [0.4, 0.5) is 26.3 Å². The average Bonchev–Trinajstić information content (AvgIpc) is 2.99. The second kappa shape index (κ2) is 11.8. The van der Waals surface area contributed by atoms with Crippen molar-refractivity contribution in [2.45, 2.75) is 50.2 Å². The van der Waals surface area contributed by atoms with E-state index in [1.807, 2.05) is 37.3 Å². The molecule has 0 aliphatic heterocycles. The van der Waals surface area contributed by atoms with E-state index in [4.69, 9.17) is 9.47 Å². The van der Waals surface area contributed by atoms with Crippen LogP contribution in [-0.4, -0.2) is 24.1 Å². The van der Waals surface area contributed by atoms with Crippen molar-refractivity contribution in [1.82, 2.24) is 0 Å². The third-order valence-electron chi connectivity index (χ3n) is 7.83. The normalized spacial score (nSPS) is 20.0. The van der Waals surface area contributed by atoms with Crippen LogP contribution >= 0.6 is 0 Å². The Hall–Kier alpha value is -4.60. The first-order valence-electron chi connectivity index (χ1n) is 13.7. The Morgan fingerprint density at radius 1 is 0.591 bits per heavy atom. The zero-order valence-electron chi connectivity index (χ0n) is 23.4. The van der Waals surface area contributed by atoms with Gasteiger partial charge in [0.25, 0.3) is 0 Å². The lowest BCUT2D eigenvalue weighted by molar-refractivity contribution is -0.138. The van der Waals surface area contributed by atoms with E-state index in [0.29, 0.717) is 17.7 Å². The maximum Gasteiger partial charge on any atom is 0.416 e. The number of benzene rings is 4. The van der Waals surface area contributed by atoms with Crippen molar-refractivity contribution in [1.29, 1.82) is 0 Å². The number of halogens is 6. The van der Waals surface area contributed by atoms with E-state index in [-0.39, 0.29) is 11.1 Å². The summed E-state index contributed by atoms with van der Waals surface area (Å²) in [6, 6.07) is 22.0. The fraction of sp³-hybridized carbons (Fsp3) is 0.235. The predicted octanol–water partition coefficient (Wildman–Crippen LogP) is 8.73. The molecule has 0 saturated carbocycles. The first-order chi connectivity index (χ1) is 20.8. The molecule has 0 fully saturated rings. The van der Waals surface area contributed by atoms with Gasteiger partial charge in [-0.25, -0.2) is 9.59 Å². The highest BCUT2D eigenvalue weighted by atomic mass is 19.4. The van der Waals surface area contributed by atoms with Crippen LogP contribution in [0.25, 0.3) is 0 Å². The van der Waals surface area contributed by atoms with Crippen molar-refractivity contribution < 1.29 is 45.4 Å². The van der Waals surface area contributed by atoms with Crippen molar-refractivity contribution in [3.63, 3.8) is 0 Å². The minimum atomic E-state index is -4.71. The van der Waals surface area contributed by atoms with Gasteiger partial charge in [-0.2, -0.15) is 26.3 Å². The Kier molecular flexibility index (Phi) is 8.29. The third-order valence-corrected chi connectivity index (χ3v) is 7.83. The quantitative estimate of drug-likeness (QED) is 0.167. The van der Waals surface area contributed by atoms with Crippen molar-refractivity contribution in [2.75, 3.05) is 0 Å². The number of esters is 2. The second-order valence-corrected chi connectivity index (χ2v) is 10.6. The lowest BCUT2D eigenvalue weighted by Gasteiger charge is -2.42. The number of hydrogen-bond donors (Lipinski definition) is 0. The van der Waals surface area contributed by atoms with Crippen LogP contribution in [0, 0.1) is 6.92 Å². The molecule has 0 radical (unpaired) electrons. The molecule has 0 N–H and O–H groups in total. The number of fused-ring (bicyclic) bond motifs is 1. The molecule has 4 atom stereocenters. The molecule has 0 saturated heterocycles. The fourth-order valence-electron chi connectivity index (χ4n) is 5.65. The van der Waals surface area contributed by atoms with E-state index < -0.39 is 59.5 Å². The number of alkyl halides is 6. The van der Waals surface area contributed by atoms with Gasteiger partial charge in [-0.05, 0) is 65.6 Å². The molecule has 0 aromatic heterocycles. The van der Waals surface area contributed by atoms with E-state index in [0.717, 1.165) is 41.0 Å².